The van der Waals surface area contributed by atoms with Gasteiger partial charge in [-0.25, -0.2) is 4.98 Å². The van der Waals surface area contributed by atoms with Crippen molar-refractivity contribution < 1.29 is 19.4 Å². The number of aliphatic hydroxyl groups excluding tert-OH is 1. The molecule has 0 spiro atoms. The Balaban J connectivity index is 1.67. The minimum atomic E-state index is -0.811. The van der Waals surface area contributed by atoms with Crippen LogP contribution in [-0.4, -0.2) is 28.4 Å². The molecule has 1 N–H and O–H groups in total. The van der Waals surface area contributed by atoms with Crippen LogP contribution in [0.5, 0.6) is 5.75 Å². The third-order valence-electron chi connectivity index (χ3n) is 6.86. The topological polar surface area (TPSA) is 79.7 Å². The summed E-state index contributed by atoms with van der Waals surface area (Å²) >= 11 is 1.37. The number of thiazole rings is 1. The van der Waals surface area contributed by atoms with Crippen LogP contribution < -0.4 is 9.64 Å². The van der Waals surface area contributed by atoms with Gasteiger partial charge in [0.25, 0.3) is 5.78 Å². The molecular weight excluding hydrogens is 496 g/mol. The lowest BCUT2D eigenvalue weighted by atomic mass is 9.93. The molecule has 2 heterocycles. The van der Waals surface area contributed by atoms with Crippen LogP contribution in [0.2, 0.25) is 0 Å². The Labute approximate surface area is 226 Å². The molecule has 5 rings (SSSR count). The fourth-order valence-electron chi connectivity index (χ4n) is 4.72. The Kier molecular flexibility index (Phi) is 7.04. The fraction of sp³-hybridized carbons (Fsp3) is 0.258. The van der Waals surface area contributed by atoms with Gasteiger partial charge in [0.2, 0.25) is 0 Å². The second-order valence-corrected chi connectivity index (χ2v) is 10.6. The largest absolute Gasteiger partial charge is 0.507 e. The van der Waals surface area contributed by atoms with Crippen molar-refractivity contribution in [1.82, 2.24) is 4.98 Å². The van der Waals surface area contributed by atoms with Crippen LogP contribution in [0.4, 0.5) is 5.13 Å². The van der Waals surface area contributed by atoms with Crippen LogP contribution in [0.3, 0.4) is 0 Å². The van der Waals surface area contributed by atoms with Gasteiger partial charge in [0, 0.05) is 5.56 Å². The number of benzene rings is 3. The van der Waals surface area contributed by atoms with Crippen LogP contribution in [0, 0.1) is 0 Å². The van der Waals surface area contributed by atoms with Crippen LogP contribution in [-0.2, 0) is 16.0 Å². The quantitative estimate of drug-likeness (QED) is 0.159. The first kappa shape index (κ1) is 25.7. The first-order valence-electron chi connectivity index (χ1n) is 12.9. The third-order valence-corrected chi connectivity index (χ3v) is 7.88. The molecule has 1 aromatic heterocycles. The van der Waals surface area contributed by atoms with Gasteiger partial charge in [-0.1, -0.05) is 62.4 Å². The molecule has 1 amide bonds. The van der Waals surface area contributed by atoms with Crippen molar-refractivity contribution in [3.05, 3.63) is 94.6 Å². The van der Waals surface area contributed by atoms with E-state index in [4.69, 9.17) is 9.72 Å². The van der Waals surface area contributed by atoms with E-state index in [1.807, 2.05) is 43.3 Å². The maximum Gasteiger partial charge on any atom is 0.301 e. The number of carbonyl (C=O) groups is 2. The van der Waals surface area contributed by atoms with Gasteiger partial charge < -0.3 is 9.84 Å². The molecule has 7 heteroatoms. The predicted molar refractivity (Wildman–Crippen MR) is 152 cm³/mol. The lowest BCUT2D eigenvalue weighted by Gasteiger charge is -2.23. The number of aliphatic hydroxyl groups is 1. The van der Waals surface area contributed by atoms with E-state index in [9.17, 15) is 14.7 Å². The first-order valence-corrected chi connectivity index (χ1v) is 13.7. The van der Waals surface area contributed by atoms with Gasteiger partial charge in [-0.05, 0) is 72.4 Å². The molecule has 1 saturated heterocycles. The van der Waals surface area contributed by atoms with E-state index >= 15 is 0 Å². The number of amides is 1. The molecule has 0 unspecified atom stereocenters. The molecule has 0 saturated carbocycles. The number of hydrogen-bond acceptors (Lipinski definition) is 6. The van der Waals surface area contributed by atoms with Gasteiger partial charge in [-0.2, -0.15) is 0 Å². The number of nitrogens with zero attached hydrogens (tertiary/aromatic N) is 2. The average molecular weight is 527 g/mol. The van der Waals surface area contributed by atoms with Crippen molar-refractivity contribution in [2.45, 2.75) is 46.1 Å². The minimum absolute atomic E-state index is 0.0463. The summed E-state index contributed by atoms with van der Waals surface area (Å²) in [7, 11) is 0. The van der Waals surface area contributed by atoms with E-state index in [1.54, 1.807) is 24.3 Å². The predicted octanol–water partition coefficient (Wildman–Crippen LogP) is 7.01. The number of ether oxygens (including phenoxy) is 1. The first-order chi connectivity index (χ1) is 18.3. The van der Waals surface area contributed by atoms with Crippen molar-refractivity contribution in [2.75, 3.05) is 11.5 Å². The second-order valence-electron chi connectivity index (χ2n) is 9.60. The fourth-order valence-corrected chi connectivity index (χ4v) is 5.78. The number of Topliss-reactive ketones (excluding diaryl/α,β-unsaturated/α-hetero) is 1. The maximum absolute atomic E-state index is 13.5. The molecular formula is C31H30N2O4S. The second kappa shape index (κ2) is 10.4. The monoisotopic (exact) mass is 526 g/mol. The third kappa shape index (κ3) is 4.58. The smallest absolute Gasteiger partial charge is 0.301 e. The SMILES string of the molecule is CCOc1ccc(C(O)=C2C(=O)C(=O)N(c3nc4ccc(CC)cc4s3)[C@H]2c2ccc(C(C)C)cc2)cc1. The van der Waals surface area contributed by atoms with E-state index in [0.29, 0.717) is 29.0 Å². The highest BCUT2D eigenvalue weighted by molar-refractivity contribution is 7.22. The number of aryl methyl sites for hydroxylation is 1. The van der Waals surface area contributed by atoms with E-state index in [-0.39, 0.29) is 11.3 Å². The van der Waals surface area contributed by atoms with Gasteiger partial charge >= 0.3 is 5.91 Å². The van der Waals surface area contributed by atoms with Gasteiger partial charge in [0.05, 0.1) is 28.4 Å². The molecule has 6 nitrogen and oxygen atoms in total. The Bertz CT molecular complexity index is 1530. The zero-order chi connectivity index (χ0) is 27.0. The standard InChI is InChI=1S/C31H30N2O4S/c1-5-19-7-16-24-25(17-19)38-31(32-24)33-27(21-10-8-20(9-11-21)18(3)4)26(29(35)30(33)36)28(34)22-12-14-23(15-13-22)37-6-2/h7-18,27,34H,5-6H2,1-4H3/t27-/m0/s1. The number of aromatic nitrogens is 1. The van der Waals surface area contributed by atoms with Gasteiger partial charge in [-0.3, -0.25) is 14.5 Å². The van der Waals surface area contributed by atoms with E-state index in [2.05, 4.69) is 26.8 Å². The summed E-state index contributed by atoms with van der Waals surface area (Å²) in [5.74, 6) is -0.670. The minimum Gasteiger partial charge on any atom is -0.507 e. The summed E-state index contributed by atoms with van der Waals surface area (Å²) in [5, 5.41) is 11.8. The van der Waals surface area contributed by atoms with Crippen LogP contribution in [0.1, 0.15) is 61.9 Å². The summed E-state index contributed by atoms with van der Waals surface area (Å²) in [6.45, 7) is 8.72. The van der Waals surface area contributed by atoms with Crippen molar-refractivity contribution in [3.63, 3.8) is 0 Å². The Morgan fingerprint density at radius 2 is 1.74 bits per heavy atom. The Morgan fingerprint density at radius 3 is 2.37 bits per heavy atom. The molecule has 1 fully saturated rings. The summed E-state index contributed by atoms with van der Waals surface area (Å²) in [4.78, 5) is 33.2. The molecule has 0 radical (unpaired) electrons. The number of ketones is 1. The molecule has 0 aliphatic carbocycles. The highest BCUT2D eigenvalue weighted by Gasteiger charge is 2.48. The van der Waals surface area contributed by atoms with Gasteiger partial charge in [0.15, 0.2) is 5.13 Å². The van der Waals surface area contributed by atoms with E-state index < -0.39 is 17.7 Å². The lowest BCUT2D eigenvalue weighted by molar-refractivity contribution is -0.132. The molecule has 3 aromatic carbocycles. The average Bonchev–Trinajstić information content (AvgIpc) is 3.46. The summed E-state index contributed by atoms with van der Waals surface area (Å²) in [6.07, 6.45) is 0.887. The highest BCUT2D eigenvalue weighted by atomic mass is 32.1. The number of anilines is 1. The molecule has 0 bridgehead atoms. The van der Waals surface area contributed by atoms with Crippen LogP contribution >= 0.6 is 11.3 Å². The van der Waals surface area contributed by atoms with E-state index in [0.717, 1.165) is 27.8 Å². The van der Waals surface area contributed by atoms with Gasteiger partial charge in [-0.15, -0.1) is 0 Å². The molecule has 194 valence electrons. The number of rotatable bonds is 7. The van der Waals surface area contributed by atoms with Crippen molar-refractivity contribution >= 4 is 44.1 Å². The molecule has 38 heavy (non-hydrogen) atoms. The molecule has 1 aliphatic heterocycles. The summed E-state index contributed by atoms with van der Waals surface area (Å²) in [6, 6.07) is 19.9. The van der Waals surface area contributed by atoms with Crippen molar-refractivity contribution in [2.24, 2.45) is 0 Å². The van der Waals surface area contributed by atoms with Gasteiger partial charge in [0.1, 0.15) is 11.5 Å². The Morgan fingerprint density at radius 1 is 1.03 bits per heavy atom. The zero-order valence-corrected chi connectivity index (χ0v) is 22.7. The molecule has 1 aliphatic rings. The zero-order valence-electron chi connectivity index (χ0n) is 21.9. The van der Waals surface area contributed by atoms with E-state index in [1.165, 1.54) is 21.8 Å². The highest BCUT2D eigenvalue weighted by Crippen LogP contribution is 2.44. The maximum atomic E-state index is 13.5. The number of fused-ring (bicyclic) bond motifs is 1. The molecule has 1 atom stereocenters. The van der Waals surface area contributed by atoms with Crippen molar-refractivity contribution in [3.8, 4) is 5.75 Å². The summed E-state index contributed by atoms with van der Waals surface area (Å²) in [5.41, 5.74) is 4.30. The number of carbonyl (C=O) groups excluding carboxylic acids is 2. The summed E-state index contributed by atoms with van der Waals surface area (Å²) < 4.78 is 6.46. The normalized spacial score (nSPS) is 17.1. The van der Waals surface area contributed by atoms with Crippen LogP contribution in [0.15, 0.2) is 72.3 Å². The van der Waals surface area contributed by atoms with Crippen LogP contribution in [0.25, 0.3) is 16.0 Å². The molecule has 4 aromatic rings. The lowest BCUT2D eigenvalue weighted by Crippen LogP contribution is -2.29. The Hall–Kier alpha value is -3.97. The van der Waals surface area contributed by atoms with Crippen molar-refractivity contribution in [1.29, 1.82) is 0 Å². The number of hydrogen-bond donors (Lipinski definition) is 1.